The molecule has 0 aromatic carbocycles. The topological polar surface area (TPSA) is 9.23 Å². The first-order valence-electron chi connectivity index (χ1n) is 2.49. The van der Waals surface area contributed by atoms with E-state index in [4.69, 9.17) is 0 Å². The van der Waals surface area contributed by atoms with E-state index in [0.717, 1.165) is 0 Å². The molecule has 0 aliphatic carbocycles. The number of rotatable bonds is 1. The Kier molecular flexibility index (Phi) is 3.27. The second-order valence-electron chi connectivity index (χ2n) is 2.11. The van der Waals surface area contributed by atoms with E-state index in [-0.39, 0.29) is 6.92 Å². The molecule has 0 fully saturated rings. The molecule has 0 aliphatic heterocycles. The van der Waals surface area contributed by atoms with Crippen molar-refractivity contribution in [3.63, 3.8) is 0 Å². The molecule has 0 N–H and O–H groups in total. The van der Waals surface area contributed by atoms with E-state index in [9.17, 15) is 26.3 Å². The number of alkyl halides is 6. The molecule has 0 atom stereocenters. The molecule has 0 bridgehead atoms. The first-order valence-corrected chi connectivity index (χ1v) is 3.37. The predicted molar refractivity (Wildman–Crippen MR) is 35.6 cm³/mol. The fourth-order valence-electron chi connectivity index (χ4n) is 0.248. The first-order chi connectivity index (χ1) is 5.06. The van der Waals surface area contributed by atoms with E-state index in [1.165, 1.54) is 0 Å². The molecule has 0 unspecified atom stereocenters. The zero-order valence-corrected chi connectivity index (χ0v) is 7.71. The zero-order valence-electron chi connectivity index (χ0n) is 5.55. The Labute approximate surface area is 77.8 Å². The zero-order chi connectivity index (χ0) is 10.2. The largest absolute Gasteiger partial charge is 0.427 e. The normalized spacial score (nSPS) is 15.0. The Balaban J connectivity index is 4.95. The molecule has 12 heavy (non-hydrogen) atoms. The molecule has 0 heterocycles. The van der Waals surface area contributed by atoms with E-state index in [1.807, 2.05) is 0 Å². The maximum atomic E-state index is 11.8. The molecule has 74 valence electrons. The van der Waals surface area contributed by atoms with E-state index in [2.05, 4.69) is 3.07 Å². The van der Waals surface area contributed by atoms with Crippen LogP contribution < -0.4 is 0 Å². The fraction of sp³-hybridized carbons (Fsp3) is 1.00. The van der Waals surface area contributed by atoms with Crippen LogP contribution in [0.15, 0.2) is 0 Å². The number of halogens is 7. The molecule has 0 aliphatic rings. The Morgan fingerprint density at radius 2 is 1.17 bits per heavy atom. The number of hydrogen-bond donors (Lipinski definition) is 0. The van der Waals surface area contributed by atoms with Crippen molar-refractivity contribution < 1.29 is 29.4 Å². The highest BCUT2D eigenvalue weighted by Gasteiger charge is 2.69. The molecule has 0 aromatic rings. The van der Waals surface area contributed by atoms with Gasteiger partial charge in [0.15, 0.2) is 0 Å². The first kappa shape index (κ1) is 12.3. The van der Waals surface area contributed by atoms with Gasteiger partial charge in [0.1, 0.15) is 23.0 Å². The van der Waals surface area contributed by atoms with Gasteiger partial charge in [-0.3, -0.25) is 3.07 Å². The lowest BCUT2D eigenvalue weighted by atomic mass is 10.1. The maximum absolute atomic E-state index is 11.8. The third kappa shape index (κ3) is 1.95. The van der Waals surface area contributed by atoms with E-state index in [1.54, 1.807) is 0 Å². The summed E-state index contributed by atoms with van der Waals surface area (Å²) in [6, 6.07) is 0. The summed E-state index contributed by atoms with van der Waals surface area (Å²) in [5.74, 6) is 0. The molecule has 8 heteroatoms. The molecule has 0 saturated carbocycles. The maximum Gasteiger partial charge on any atom is 0.427 e. The minimum Gasteiger partial charge on any atom is -0.290 e. The molecular formula is C4H3F6IO. The van der Waals surface area contributed by atoms with Gasteiger partial charge in [-0.05, 0) is 6.92 Å². The van der Waals surface area contributed by atoms with Crippen molar-refractivity contribution in [3.8, 4) is 0 Å². The van der Waals surface area contributed by atoms with E-state index >= 15 is 0 Å². The molecule has 0 amide bonds. The summed E-state index contributed by atoms with van der Waals surface area (Å²) < 4.78 is 73.9. The minimum atomic E-state index is -5.47. The van der Waals surface area contributed by atoms with Crippen molar-refractivity contribution in [2.24, 2.45) is 0 Å². The molecule has 1 nitrogen and oxygen atoms in total. The van der Waals surface area contributed by atoms with Crippen LogP contribution >= 0.6 is 23.0 Å². The molecule has 0 aromatic heterocycles. The van der Waals surface area contributed by atoms with Crippen LogP contribution in [0.5, 0.6) is 0 Å². The van der Waals surface area contributed by atoms with Crippen molar-refractivity contribution in [2.75, 3.05) is 0 Å². The average Bonchev–Trinajstić information content (AvgIpc) is 1.81. The van der Waals surface area contributed by atoms with Crippen LogP contribution in [0.1, 0.15) is 6.92 Å². The second kappa shape index (κ2) is 3.20. The molecule has 0 radical (unpaired) electrons. The highest BCUT2D eigenvalue weighted by Crippen LogP contribution is 2.46. The summed E-state index contributed by atoms with van der Waals surface area (Å²) >= 11 is 0.577. The Morgan fingerprint density at radius 3 is 1.17 bits per heavy atom. The van der Waals surface area contributed by atoms with Crippen molar-refractivity contribution >= 4 is 23.0 Å². The predicted octanol–water partition coefficient (Wildman–Crippen LogP) is 3.24. The summed E-state index contributed by atoms with van der Waals surface area (Å²) in [5, 5.41) is 0. The third-order valence-corrected chi connectivity index (χ3v) is 2.12. The fourth-order valence-corrected chi connectivity index (χ4v) is 0.748. The summed E-state index contributed by atoms with van der Waals surface area (Å²) in [5.41, 5.74) is -4.10. The smallest absolute Gasteiger partial charge is 0.290 e. The summed E-state index contributed by atoms with van der Waals surface area (Å²) in [7, 11) is 0. The van der Waals surface area contributed by atoms with Gasteiger partial charge in [-0.2, -0.15) is 26.3 Å². The van der Waals surface area contributed by atoms with Gasteiger partial charge >= 0.3 is 12.4 Å². The van der Waals surface area contributed by atoms with Crippen LogP contribution in [0.2, 0.25) is 0 Å². The van der Waals surface area contributed by atoms with Gasteiger partial charge in [0.25, 0.3) is 5.60 Å². The third-order valence-electron chi connectivity index (χ3n) is 1.24. The second-order valence-corrected chi connectivity index (χ2v) is 2.55. The van der Waals surface area contributed by atoms with Crippen LogP contribution in [-0.4, -0.2) is 18.0 Å². The quantitative estimate of drug-likeness (QED) is 0.534. The molecule has 0 rings (SSSR count). The van der Waals surface area contributed by atoms with Crippen LogP contribution in [0.4, 0.5) is 26.3 Å². The van der Waals surface area contributed by atoms with Gasteiger partial charge in [-0.1, -0.05) is 0 Å². The molecule has 0 saturated heterocycles. The van der Waals surface area contributed by atoms with Crippen LogP contribution in [0, 0.1) is 0 Å². The van der Waals surface area contributed by atoms with Gasteiger partial charge in [-0.25, -0.2) is 0 Å². The standard InChI is InChI=1S/C4H3F6IO/c1-2(12-11,3(5,6)7)4(8,9)10/h1H3. The van der Waals surface area contributed by atoms with E-state index in [0.29, 0.717) is 23.0 Å². The van der Waals surface area contributed by atoms with Crippen LogP contribution in [0.25, 0.3) is 0 Å². The van der Waals surface area contributed by atoms with Gasteiger partial charge in [0.2, 0.25) is 0 Å². The van der Waals surface area contributed by atoms with E-state index < -0.39 is 18.0 Å². The van der Waals surface area contributed by atoms with Gasteiger partial charge < -0.3 is 0 Å². The lowest BCUT2D eigenvalue weighted by molar-refractivity contribution is -0.341. The van der Waals surface area contributed by atoms with Crippen molar-refractivity contribution in [2.45, 2.75) is 24.9 Å². The van der Waals surface area contributed by atoms with Crippen LogP contribution in [-0.2, 0) is 3.07 Å². The Morgan fingerprint density at radius 1 is 0.917 bits per heavy atom. The summed E-state index contributed by atoms with van der Waals surface area (Å²) in [6.45, 7) is -0.0700. The monoisotopic (exact) mass is 308 g/mol. The minimum absolute atomic E-state index is 0.0700. The highest BCUT2D eigenvalue weighted by molar-refractivity contribution is 14.1. The molecular weight excluding hydrogens is 305 g/mol. The van der Waals surface area contributed by atoms with Gasteiger partial charge in [-0.15, -0.1) is 0 Å². The van der Waals surface area contributed by atoms with Crippen LogP contribution in [0.3, 0.4) is 0 Å². The van der Waals surface area contributed by atoms with Crippen molar-refractivity contribution in [1.29, 1.82) is 0 Å². The van der Waals surface area contributed by atoms with Gasteiger partial charge in [0, 0.05) is 0 Å². The Hall–Kier alpha value is 0.270. The molecule has 0 spiro atoms. The van der Waals surface area contributed by atoms with Gasteiger partial charge in [0.05, 0.1) is 0 Å². The highest BCUT2D eigenvalue weighted by atomic mass is 127. The SMILES string of the molecule is CC(OI)(C(F)(F)F)C(F)(F)F. The summed E-state index contributed by atoms with van der Waals surface area (Å²) in [4.78, 5) is 0. The lowest BCUT2D eigenvalue weighted by Gasteiger charge is -2.30. The number of hydrogen-bond acceptors (Lipinski definition) is 1. The van der Waals surface area contributed by atoms with Crippen molar-refractivity contribution in [3.05, 3.63) is 0 Å². The Bertz CT molecular complexity index is 146. The summed E-state index contributed by atoms with van der Waals surface area (Å²) in [6.07, 6.45) is -10.9. The lowest BCUT2D eigenvalue weighted by Crippen LogP contribution is -2.54. The average molecular weight is 308 g/mol. The van der Waals surface area contributed by atoms with Crippen molar-refractivity contribution in [1.82, 2.24) is 0 Å².